The Bertz CT molecular complexity index is 480. The Morgan fingerprint density at radius 3 is 2.27 bits per heavy atom. The summed E-state index contributed by atoms with van der Waals surface area (Å²) in [5.74, 6) is 0.200. The molecule has 0 saturated carbocycles. The fraction of sp³-hybridized carbons (Fsp3) is 0.895. The van der Waals surface area contributed by atoms with E-state index in [1.807, 2.05) is 44.4 Å². The van der Waals surface area contributed by atoms with Crippen molar-refractivity contribution >= 4 is 12.0 Å². The Morgan fingerprint density at radius 2 is 1.73 bits per heavy atom. The summed E-state index contributed by atoms with van der Waals surface area (Å²) in [5, 5.41) is 3.37. The molecule has 2 fully saturated rings. The quantitative estimate of drug-likeness (QED) is 0.815. The number of nitrogens with one attached hydrogen (secondary N) is 1. The van der Waals surface area contributed by atoms with Crippen molar-refractivity contribution in [2.75, 3.05) is 45.8 Å². The van der Waals surface area contributed by atoms with Gasteiger partial charge in [-0.3, -0.25) is 9.69 Å². The highest BCUT2D eigenvalue weighted by molar-refractivity contribution is 5.82. The van der Waals surface area contributed by atoms with Crippen molar-refractivity contribution in [1.29, 1.82) is 0 Å². The fourth-order valence-electron chi connectivity index (χ4n) is 3.77. The van der Waals surface area contributed by atoms with Crippen molar-refractivity contribution in [1.82, 2.24) is 20.0 Å². The third-order valence-electron chi connectivity index (χ3n) is 5.21. The van der Waals surface area contributed by atoms with E-state index in [9.17, 15) is 9.59 Å². The molecule has 2 rings (SSSR count). The van der Waals surface area contributed by atoms with E-state index in [2.05, 4.69) is 10.2 Å². The zero-order valence-corrected chi connectivity index (χ0v) is 17.1. The zero-order chi connectivity index (χ0) is 19.3. The van der Waals surface area contributed by atoms with Crippen molar-refractivity contribution in [3.05, 3.63) is 0 Å². The number of likely N-dealkylation sites (N-methyl/N-ethyl adjacent to an activating group) is 1. The molecule has 7 nitrogen and oxygen atoms in total. The largest absolute Gasteiger partial charge is 0.444 e. The molecular formula is C19H36N4O3. The molecule has 150 valence electrons. The maximum absolute atomic E-state index is 12.6. The highest BCUT2D eigenvalue weighted by Gasteiger charge is 2.34. The van der Waals surface area contributed by atoms with Gasteiger partial charge in [0.1, 0.15) is 5.60 Å². The number of carbonyl (C=O) groups is 2. The van der Waals surface area contributed by atoms with Crippen molar-refractivity contribution < 1.29 is 14.3 Å². The number of likely N-dealkylation sites (tertiary alicyclic amines) is 1. The van der Waals surface area contributed by atoms with Crippen molar-refractivity contribution in [2.45, 2.75) is 65.1 Å². The maximum Gasteiger partial charge on any atom is 0.410 e. The van der Waals surface area contributed by atoms with Crippen LogP contribution in [0.1, 0.15) is 47.5 Å². The van der Waals surface area contributed by atoms with Gasteiger partial charge in [0.2, 0.25) is 5.91 Å². The molecule has 0 aromatic rings. The molecule has 2 aliphatic heterocycles. The Hall–Kier alpha value is -1.34. The fourth-order valence-corrected chi connectivity index (χ4v) is 3.77. The Kier molecular flexibility index (Phi) is 7.29. The minimum atomic E-state index is -0.454. The SMILES string of the molecule is CCN(CC)C(=O)C1CN(C2CCN(C(=O)OC(C)(C)C)CC2)CCN1. The van der Waals surface area contributed by atoms with Crippen LogP contribution in [0.5, 0.6) is 0 Å². The predicted octanol–water partition coefficient (Wildman–Crippen LogP) is 1.53. The highest BCUT2D eigenvalue weighted by atomic mass is 16.6. The summed E-state index contributed by atoms with van der Waals surface area (Å²) in [6, 6.07) is 0.315. The highest BCUT2D eigenvalue weighted by Crippen LogP contribution is 2.20. The number of amides is 2. The van der Waals surface area contributed by atoms with Crippen LogP contribution >= 0.6 is 0 Å². The van der Waals surface area contributed by atoms with Crippen molar-refractivity contribution in [3.8, 4) is 0 Å². The topological polar surface area (TPSA) is 65.1 Å². The maximum atomic E-state index is 12.6. The summed E-state index contributed by atoms with van der Waals surface area (Å²) in [4.78, 5) is 31.0. The number of carbonyl (C=O) groups excluding carboxylic acids is 2. The summed E-state index contributed by atoms with van der Waals surface area (Å²) >= 11 is 0. The van der Waals surface area contributed by atoms with Crippen LogP contribution in [0.15, 0.2) is 0 Å². The third kappa shape index (κ3) is 5.58. The van der Waals surface area contributed by atoms with E-state index >= 15 is 0 Å². The molecule has 2 heterocycles. The van der Waals surface area contributed by atoms with Gasteiger partial charge in [-0.1, -0.05) is 0 Å². The summed E-state index contributed by atoms with van der Waals surface area (Å²) in [6.07, 6.45) is 1.66. The number of rotatable bonds is 4. The van der Waals surface area contributed by atoms with Gasteiger partial charge in [-0.25, -0.2) is 4.79 Å². The lowest BCUT2D eigenvalue weighted by molar-refractivity contribution is -0.134. The number of ether oxygens (including phenoxy) is 1. The van der Waals surface area contributed by atoms with Crippen LogP contribution in [-0.4, -0.2) is 90.2 Å². The van der Waals surface area contributed by atoms with Crippen LogP contribution in [0, 0.1) is 0 Å². The zero-order valence-electron chi connectivity index (χ0n) is 17.1. The minimum Gasteiger partial charge on any atom is -0.444 e. The molecule has 0 bridgehead atoms. The molecule has 0 spiro atoms. The summed E-state index contributed by atoms with van der Waals surface area (Å²) in [7, 11) is 0. The second-order valence-electron chi connectivity index (χ2n) is 8.21. The van der Waals surface area contributed by atoms with Gasteiger partial charge < -0.3 is 19.9 Å². The molecule has 1 N–H and O–H groups in total. The average Bonchev–Trinajstić information content (AvgIpc) is 2.61. The molecule has 0 aliphatic carbocycles. The first-order chi connectivity index (χ1) is 12.2. The first kappa shape index (κ1) is 21.0. The second-order valence-corrected chi connectivity index (χ2v) is 8.21. The standard InChI is InChI=1S/C19H36N4O3/c1-6-21(7-2)17(24)16-14-23(13-10-20-16)15-8-11-22(12-9-15)18(25)26-19(3,4)5/h15-16,20H,6-14H2,1-5H3. The molecule has 1 unspecified atom stereocenters. The van der Waals surface area contributed by atoms with E-state index < -0.39 is 5.60 Å². The normalized spacial score (nSPS) is 23.0. The number of hydrogen-bond acceptors (Lipinski definition) is 5. The molecular weight excluding hydrogens is 332 g/mol. The Morgan fingerprint density at radius 1 is 1.12 bits per heavy atom. The first-order valence-corrected chi connectivity index (χ1v) is 9.99. The first-order valence-electron chi connectivity index (χ1n) is 9.99. The van der Waals surface area contributed by atoms with Crippen molar-refractivity contribution in [3.63, 3.8) is 0 Å². The van der Waals surface area contributed by atoms with Gasteiger partial charge in [0.05, 0.1) is 6.04 Å². The lowest BCUT2D eigenvalue weighted by Crippen LogP contribution is -2.61. The molecule has 0 aromatic heterocycles. The second kappa shape index (κ2) is 9.04. The number of piperidine rings is 1. The lowest BCUT2D eigenvalue weighted by atomic mass is 10.0. The predicted molar refractivity (Wildman–Crippen MR) is 102 cm³/mol. The van der Waals surface area contributed by atoms with Crippen LogP contribution in [-0.2, 0) is 9.53 Å². The molecule has 2 amide bonds. The van der Waals surface area contributed by atoms with Gasteiger partial charge in [-0.05, 0) is 47.5 Å². The van der Waals surface area contributed by atoms with Crippen LogP contribution in [0.25, 0.3) is 0 Å². The molecule has 2 saturated heterocycles. The number of piperazine rings is 1. The van der Waals surface area contributed by atoms with Crippen LogP contribution in [0.3, 0.4) is 0 Å². The number of hydrogen-bond donors (Lipinski definition) is 1. The van der Waals surface area contributed by atoms with E-state index in [1.165, 1.54) is 0 Å². The molecule has 1 atom stereocenters. The van der Waals surface area contributed by atoms with Gasteiger partial charge in [0, 0.05) is 51.9 Å². The molecule has 0 radical (unpaired) electrons. The van der Waals surface area contributed by atoms with Gasteiger partial charge in [-0.2, -0.15) is 0 Å². The lowest BCUT2D eigenvalue weighted by Gasteiger charge is -2.43. The van der Waals surface area contributed by atoms with E-state index in [1.54, 1.807) is 0 Å². The van der Waals surface area contributed by atoms with Crippen LogP contribution in [0.2, 0.25) is 0 Å². The van der Waals surface area contributed by atoms with Gasteiger partial charge in [-0.15, -0.1) is 0 Å². The van der Waals surface area contributed by atoms with Crippen LogP contribution < -0.4 is 5.32 Å². The van der Waals surface area contributed by atoms with Gasteiger partial charge >= 0.3 is 6.09 Å². The summed E-state index contributed by atoms with van der Waals surface area (Å²) < 4.78 is 5.47. The third-order valence-corrected chi connectivity index (χ3v) is 5.21. The molecule has 7 heteroatoms. The monoisotopic (exact) mass is 368 g/mol. The van der Waals surface area contributed by atoms with Crippen LogP contribution in [0.4, 0.5) is 4.79 Å². The average molecular weight is 369 g/mol. The summed E-state index contributed by atoms with van der Waals surface area (Å²) in [6.45, 7) is 15.2. The van der Waals surface area contributed by atoms with E-state index in [0.29, 0.717) is 6.04 Å². The Labute approximate surface area is 158 Å². The number of nitrogens with zero attached hydrogens (tertiary/aromatic N) is 3. The van der Waals surface area contributed by atoms with E-state index in [0.717, 1.165) is 58.7 Å². The smallest absolute Gasteiger partial charge is 0.410 e. The van der Waals surface area contributed by atoms with Crippen molar-refractivity contribution in [2.24, 2.45) is 0 Å². The Balaban J connectivity index is 1.85. The molecule has 26 heavy (non-hydrogen) atoms. The minimum absolute atomic E-state index is 0.118. The van der Waals surface area contributed by atoms with Gasteiger partial charge in [0.25, 0.3) is 0 Å². The molecule has 0 aromatic carbocycles. The van der Waals surface area contributed by atoms with Gasteiger partial charge in [0.15, 0.2) is 0 Å². The molecule has 2 aliphatic rings. The summed E-state index contributed by atoms with van der Waals surface area (Å²) in [5.41, 5.74) is -0.454. The van der Waals surface area contributed by atoms with E-state index in [-0.39, 0.29) is 18.0 Å². The van der Waals surface area contributed by atoms with E-state index in [4.69, 9.17) is 4.74 Å².